The van der Waals surface area contributed by atoms with Crippen molar-refractivity contribution in [1.29, 1.82) is 0 Å². The van der Waals surface area contributed by atoms with E-state index in [9.17, 15) is 9.59 Å². The highest BCUT2D eigenvalue weighted by molar-refractivity contribution is 8.00. The summed E-state index contributed by atoms with van der Waals surface area (Å²) >= 11 is 1.51. The summed E-state index contributed by atoms with van der Waals surface area (Å²) in [7, 11) is 0. The van der Waals surface area contributed by atoms with Crippen LogP contribution in [0, 0.1) is 0 Å². The fourth-order valence-electron chi connectivity index (χ4n) is 3.45. The molecule has 2 aliphatic heterocycles. The van der Waals surface area contributed by atoms with Crippen LogP contribution in [-0.2, 0) is 11.3 Å². The number of nitrogens with one attached hydrogen (secondary N) is 2. The molecule has 0 spiro atoms. The van der Waals surface area contributed by atoms with E-state index in [1.54, 1.807) is 12.1 Å². The second kappa shape index (κ2) is 7.74. The van der Waals surface area contributed by atoms with Crippen LogP contribution in [0.3, 0.4) is 0 Å². The van der Waals surface area contributed by atoms with E-state index in [0.29, 0.717) is 11.3 Å². The molecule has 2 amide bonds. The van der Waals surface area contributed by atoms with Crippen molar-refractivity contribution in [2.24, 2.45) is 0 Å². The first-order chi connectivity index (χ1) is 13.1. The monoisotopic (exact) mass is 381 g/mol. The number of amides is 2. The Kier molecular flexibility index (Phi) is 5.18. The molecule has 2 aromatic carbocycles. The van der Waals surface area contributed by atoms with Crippen LogP contribution in [-0.4, -0.2) is 35.1 Å². The number of carbonyl (C=O) groups excluding carboxylic acids is 2. The Balaban J connectivity index is 1.41. The van der Waals surface area contributed by atoms with E-state index >= 15 is 0 Å². The summed E-state index contributed by atoms with van der Waals surface area (Å²) in [5, 5.41) is 5.69. The van der Waals surface area contributed by atoms with Crippen molar-refractivity contribution in [3.05, 3.63) is 53.6 Å². The topological polar surface area (TPSA) is 61.4 Å². The molecule has 1 fully saturated rings. The number of anilines is 2. The van der Waals surface area contributed by atoms with Gasteiger partial charge in [-0.3, -0.25) is 14.5 Å². The standard InChI is InChI=1S/C21H23N3O2S/c1-14-20(25)23-18-12-16(6-9-19(18)27-14)21(26)22-17-7-4-15(5-8-17)13-24-10-2-3-11-24/h4-9,12,14H,2-3,10-11,13H2,1H3,(H,22,26)(H,23,25)/t14-/m1/s1. The van der Waals surface area contributed by atoms with Gasteiger partial charge in [0.25, 0.3) is 5.91 Å². The minimum atomic E-state index is -0.178. The number of fused-ring (bicyclic) bond motifs is 1. The van der Waals surface area contributed by atoms with Gasteiger partial charge in [0, 0.05) is 22.7 Å². The van der Waals surface area contributed by atoms with Crippen molar-refractivity contribution in [1.82, 2.24) is 4.90 Å². The minimum absolute atomic E-state index is 0.0290. The van der Waals surface area contributed by atoms with E-state index in [1.807, 2.05) is 25.1 Å². The zero-order valence-electron chi connectivity index (χ0n) is 15.3. The van der Waals surface area contributed by atoms with Gasteiger partial charge in [0.05, 0.1) is 10.9 Å². The van der Waals surface area contributed by atoms with Gasteiger partial charge in [-0.15, -0.1) is 11.8 Å². The maximum atomic E-state index is 12.6. The van der Waals surface area contributed by atoms with Gasteiger partial charge in [-0.2, -0.15) is 0 Å². The predicted octanol–water partition coefficient (Wildman–Crippen LogP) is 3.97. The average molecular weight is 382 g/mol. The maximum absolute atomic E-state index is 12.6. The summed E-state index contributed by atoms with van der Waals surface area (Å²) < 4.78 is 0. The van der Waals surface area contributed by atoms with Crippen LogP contribution in [0.25, 0.3) is 0 Å². The molecule has 2 aromatic rings. The van der Waals surface area contributed by atoms with E-state index < -0.39 is 0 Å². The molecule has 0 radical (unpaired) electrons. The molecule has 2 heterocycles. The van der Waals surface area contributed by atoms with Crippen LogP contribution >= 0.6 is 11.8 Å². The Morgan fingerprint density at radius 1 is 1.19 bits per heavy atom. The lowest BCUT2D eigenvalue weighted by Gasteiger charge is -2.21. The zero-order valence-corrected chi connectivity index (χ0v) is 16.1. The van der Waals surface area contributed by atoms with Crippen LogP contribution in [0.5, 0.6) is 0 Å². The van der Waals surface area contributed by atoms with Gasteiger partial charge in [0.1, 0.15) is 0 Å². The highest BCUT2D eigenvalue weighted by Gasteiger charge is 2.23. The van der Waals surface area contributed by atoms with Crippen LogP contribution in [0.2, 0.25) is 0 Å². The second-order valence-electron chi connectivity index (χ2n) is 7.09. The number of thioether (sulfide) groups is 1. The SMILES string of the molecule is C[C@H]1Sc2ccc(C(=O)Nc3ccc(CN4CCCC4)cc3)cc2NC1=O. The fourth-order valence-corrected chi connectivity index (χ4v) is 4.38. The summed E-state index contributed by atoms with van der Waals surface area (Å²) in [5.41, 5.74) is 3.27. The van der Waals surface area contributed by atoms with Crippen molar-refractivity contribution >= 4 is 35.0 Å². The van der Waals surface area contributed by atoms with Gasteiger partial charge in [-0.1, -0.05) is 12.1 Å². The Morgan fingerprint density at radius 2 is 1.93 bits per heavy atom. The average Bonchev–Trinajstić information content (AvgIpc) is 3.17. The summed E-state index contributed by atoms with van der Waals surface area (Å²) in [6, 6.07) is 13.5. The molecular formula is C21H23N3O2S. The Hall–Kier alpha value is -2.31. The van der Waals surface area contributed by atoms with Gasteiger partial charge in [0.2, 0.25) is 5.91 Å². The molecule has 0 aliphatic carbocycles. The molecule has 1 saturated heterocycles. The highest BCUT2D eigenvalue weighted by Crippen LogP contribution is 2.36. The molecule has 5 nitrogen and oxygen atoms in total. The molecule has 4 rings (SSSR count). The third-order valence-electron chi connectivity index (χ3n) is 4.99. The van der Waals surface area contributed by atoms with Crippen LogP contribution in [0.15, 0.2) is 47.4 Å². The van der Waals surface area contributed by atoms with Crippen molar-refractivity contribution in [2.75, 3.05) is 23.7 Å². The lowest BCUT2D eigenvalue weighted by molar-refractivity contribution is -0.115. The molecule has 0 unspecified atom stereocenters. The van der Waals surface area contributed by atoms with Crippen LogP contribution in [0.4, 0.5) is 11.4 Å². The molecule has 6 heteroatoms. The van der Waals surface area contributed by atoms with E-state index in [1.165, 1.54) is 43.3 Å². The quantitative estimate of drug-likeness (QED) is 0.841. The van der Waals surface area contributed by atoms with E-state index in [4.69, 9.17) is 0 Å². The first-order valence-corrected chi connectivity index (χ1v) is 10.2. The first-order valence-electron chi connectivity index (χ1n) is 9.33. The number of rotatable bonds is 4. The second-order valence-corrected chi connectivity index (χ2v) is 8.48. The minimum Gasteiger partial charge on any atom is -0.324 e. The molecule has 2 N–H and O–H groups in total. The Bertz CT molecular complexity index is 860. The molecule has 0 bridgehead atoms. The molecule has 0 saturated carbocycles. The smallest absolute Gasteiger partial charge is 0.255 e. The molecule has 27 heavy (non-hydrogen) atoms. The molecule has 140 valence electrons. The first kappa shape index (κ1) is 18.1. The summed E-state index contributed by atoms with van der Waals surface area (Å²) in [4.78, 5) is 27.9. The number of benzene rings is 2. The lowest BCUT2D eigenvalue weighted by atomic mass is 10.1. The van der Waals surface area contributed by atoms with Gasteiger partial charge >= 0.3 is 0 Å². The summed E-state index contributed by atoms with van der Waals surface area (Å²) in [5.74, 6) is -0.207. The normalized spacial score (nSPS) is 19.4. The van der Waals surface area contributed by atoms with Gasteiger partial charge in [0.15, 0.2) is 0 Å². The number of hydrogen-bond donors (Lipinski definition) is 2. The summed E-state index contributed by atoms with van der Waals surface area (Å²) in [6.45, 7) is 5.18. The number of hydrogen-bond acceptors (Lipinski definition) is 4. The third kappa shape index (κ3) is 4.17. The van der Waals surface area contributed by atoms with Gasteiger partial charge in [-0.25, -0.2) is 0 Å². The fraction of sp³-hybridized carbons (Fsp3) is 0.333. The number of nitrogens with zero attached hydrogens (tertiary/aromatic N) is 1. The largest absolute Gasteiger partial charge is 0.324 e. The van der Waals surface area contributed by atoms with Crippen molar-refractivity contribution in [2.45, 2.75) is 36.5 Å². The molecule has 1 atom stereocenters. The van der Waals surface area contributed by atoms with E-state index in [0.717, 1.165) is 17.1 Å². The van der Waals surface area contributed by atoms with Crippen molar-refractivity contribution in [3.63, 3.8) is 0 Å². The van der Waals surface area contributed by atoms with Crippen LogP contribution in [0.1, 0.15) is 35.7 Å². The Morgan fingerprint density at radius 3 is 2.67 bits per heavy atom. The van der Waals surface area contributed by atoms with Gasteiger partial charge in [-0.05, 0) is 68.8 Å². The molecule has 2 aliphatic rings. The Labute approximate surface area is 163 Å². The maximum Gasteiger partial charge on any atom is 0.255 e. The van der Waals surface area contributed by atoms with Gasteiger partial charge < -0.3 is 10.6 Å². The predicted molar refractivity (Wildman–Crippen MR) is 109 cm³/mol. The van der Waals surface area contributed by atoms with Crippen LogP contribution < -0.4 is 10.6 Å². The lowest BCUT2D eigenvalue weighted by Crippen LogP contribution is -2.26. The van der Waals surface area contributed by atoms with Crippen molar-refractivity contribution < 1.29 is 9.59 Å². The highest BCUT2D eigenvalue weighted by atomic mass is 32.2. The molecular weight excluding hydrogens is 358 g/mol. The van der Waals surface area contributed by atoms with E-state index in [2.05, 4.69) is 27.7 Å². The summed E-state index contributed by atoms with van der Waals surface area (Å²) in [6.07, 6.45) is 2.57. The molecule has 0 aromatic heterocycles. The van der Waals surface area contributed by atoms with E-state index in [-0.39, 0.29) is 17.1 Å². The number of carbonyl (C=O) groups is 2. The van der Waals surface area contributed by atoms with Crippen molar-refractivity contribution in [3.8, 4) is 0 Å². The zero-order chi connectivity index (χ0) is 18.8. The third-order valence-corrected chi connectivity index (χ3v) is 6.17. The number of likely N-dealkylation sites (tertiary alicyclic amines) is 1.